The molecule has 8 nitrogen and oxygen atoms in total. The van der Waals surface area contributed by atoms with Gasteiger partial charge in [-0.05, 0) is 36.3 Å². The minimum absolute atomic E-state index is 0.0737. The molecule has 0 fully saturated rings. The SMILES string of the molecule is CCCCNC(=O)NS(=O)(=O)/C=C/c1ccc(OCCOC)cc1Sc1ncc(C(F)(F)F)cc1Cl. The summed E-state index contributed by atoms with van der Waals surface area (Å²) in [7, 11) is -2.62. The zero-order valence-electron chi connectivity index (χ0n) is 19.4. The lowest BCUT2D eigenvalue weighted by molar-refractivity contribution is -0.137. The summed E-state index contributed by atoms with van der Waals surface area (Å²) < 4.78 is 75.8. The van der Waals surface area contributed by atoms with Gasteiger partial charge in [0.2, 0.25) is 0 Å². The van der Waals surface area contributed by atoms with Gasteiger partial charge in [0.05, 0.1) is 22.6 Å². The molecule has 0 bridgehead atoms. The molecule has 2 N–H and O–H groups in total. The lowest BCUT2D eigenvalue weighted by Gasteiger charge is -2.12. The van der Waals surface area contributed by atoms with Crippen LogP contribution in [-0.2, 0) is 20.9 Å². The average Bonchev–Trinajstić information content (AvgIpc) is 2.79. The van der Waals surface area contributed by atoms with Crippen molar-refractivity contribution in [1.82, 2.24) is 15.0 Å². The van der Waals surface area contributed by atoms with Crippen molar-refractivity contribution in [1.29, 1.82) is 0 Å². The molecule has 1 heterocycles. The molecule has 0 atom stereocenters. The summed E-state index contributed by atoms with van der Waals surface area (Å²) >= 11 is 6.96. The van der Waals surface area contributed by atoms with Crippen molar-refractivity contribution in [2.75, 3.05) is 26.9 Å². The van der Waals surface area contributed by atoms with Gasteiger partial charge in [-0.2, -0.15) is 13.2 Å². The molecule has 0 aliphatic heterocycles. The van der Waals surface area contributed by atoms with Gasteiger partial charge in [-0.15, -0.1) is 0 Å². The van der Waals surface area contributed by atoms with E-state index in [2.05, 4.69) is 10.3 Å². The van der Waals surface area contributed by atoms with Gasteiger partial charge in [-0.1, -0.05) is 42.8 Å². The Hall–Kier alpha value is -2.48. The standard InChI is InChI=1S/C22H25ClF3N3O5S2/c1-3-4-8-27-21(30)29-36(31,32)11-7-15-5-6-17(34-10-9-33-2)13-19(15)35-20-18(23)12-16(14-28-20)22(24,25)26/h5-7,11-14H,3-4,8-10H2,1-2H3,(H2,27,29,30)/b11-7+. The molecule has 14 heteroatoms. The minimum atomic E-state index is -4.60. The van der Waals surface area contributed by atoms with Gasteiger partial charge in [0.25, 0.3) is 10.0 Å². The van der Waals surface area contributed by atoms with E-state index in [9.17, 15) is 26.4 Å². The molecule has 0 aliphatic carbocycles. The molecule has 0 unspecified atom stereocenters. The van der Waals surface area contributed by atoms with Crippen LogP contribution >= 0.6 is 23.4 Å². The number of alkyl halides is 3. The molecule has 0 radical (unpaired) electrons. The molecule has 0 spiro atoms. The number of nitrogens with zero attached hydrogens (tertiary/aromatic N) is 1. The molecule has 2 amide bonds. The molecule has 1 aromatic carbocycles. The number of rotatable bonds is 12. The third kappa shape index (κ3) is 9.88. The van der Waals surface area contributed by atoms with Gasteiger partial charge in [-0.25, -0.2) is 22.9 Å². The van der Waals surface area contributed by atoms with E-state index in [-0.39, 0.29) is 16.7 Å². The van der Waals surface area contributed by atoms with E-state index in [0.29, 0.717) is 42.0 Å². The van der Waals surface area contributed by atoms with Crippen molar-refractivity contribution in [2.24, 2.45) is 0 Å². The van der Waals surface area contributed by atoms with Crippen molar-refractivity contribution in [3.8, 4) is 5.75 Å². The number of benzene rings is 1. The molecule has 2 aromatic rings. The highest BCUT2D eigenvalue weighted by Crippen LogP contribution is 2.38. The third-order valence-corrected chi connectivity index (χ3v) is 6.82. The van der Waals surface area contributed by atoms with E-state index in [4.69, 9.17) is 21.1 Å². The highest BCUT2D eigenvalue weighted by Gasteiger charge is 2.31. The summed E-state index contributed by atoms with van der Waals surface area (Å²) in [4.78, 5) is 16.0. The van der Waals surface area contributed by atoms with Crippen molar-refractivity contribution in [3.63, 3.8) is 0 Å². The number of halogens is 4. The van der Waals surface area contributed by atoms with Crippen LogP contribution in [0.15, 0.2) is 45.8 Å². The summed E-state index contributed by atoms with van der Waals surface area (Å²) in [6.07, 6.45) is -1.18. The van der Waals surface area contributed by atoms with E-state index in [0.717, 1.165) is 29.7 Å². The maximum absolute atomic E-state index is 12.9. The number of carbonyl (C=O) groups is 1. The molecule has 0 aliphatic rings. The maximum Gasteiger partial charge on any atom is 0.417 e. The van der Waals surface area contributed by atoms with E-state index in [1.165, 1.54) is 13.2 Å². The number of pyridine rings is 1. The largest absolute Gasteiger partial charge is 0.491 e. The van der Waals surface area contributed by atoms with Crippen LogP contribution in [-0.4, -0.2) is 46.3 Å². The Morgan fingerprint density at radius 1 is 1.25 bits per heavy atom. The molecular weight excluding hydrogens is 543 g/mol. The van der Waals surface area contributed by atoms with Crippen molar-refractivity contribution in [3.05, 3.63) is 52.0 Å². The first-order chi connectivity index (χ1) is 16.9. The number of nitrogens with one attached hydrogen (secondary N) is 2. The summed E-state index contributed by atoms with van der Waals surface area (Å²) in [5, 5.41) is 3.09. The molecule has 1 aromatic heterocycles. The van der Waals surface area contributed by atoms with Crippen LogP contribution in [0.4, 0.5) is 18.0 Å². The van der Waals surface area contributed by atoms with Gasteiger partial charge in [0, 0.05) is 24.7 Å². The van der Waals surface area contributed by atoms with Crippen LogP contribution in [0.5, 0.6) is 5.75 Å². The Bertz CT molecular complexity index is 1180. The topological polar surface area (TPSA) is 107 Å². The summed E-state index contributed by atoms with van der Waals surface area (Å²) in [5.41, 5.74) is -0.628. The van der Waals surface area contributed by atoms with E-state index >= 15 is 0 Å². The number of hydrogen-bond donors (Lipinski definition) is 2. The van der Waals surface area contributed by atoms with Crippen LogP contribution < -0.4 is 14.8 Å². The average molecular weight is 568 g/mol. The number of sulfonamides is 1. The molecule has 198 valence electrons. The molecular formula is C22H25ClF3N3O5S2. The number of ether oxygens (including phenoxy) is 2. The number of amides is 2. The Balaban J connectivity index is 2.31. The quantitative estimate of drug-likeness (QED) is 0.334. The summed E-state index contributed by atoms with van der Waals surface area (Å²) in [5.74, 6) is 0.408. The van der Waals surface area contributed by atoms with Gasteiger partial charge >= 0.3 is 12.2 Å². The van der Waals surface area contributed by atoms with E-state index in [1.54, 1.807) is 18.2 Å². The molecule has 36 heavy (non-hydrogen) atoms. The lowest BCUT2D eigenvalue weighted by atomic mass is 10.2. The normalized spacial score (nSPS) is 12.1. The Morgan fingerprint density at radius 2 is 2.00 bits per heavy atom. The fraction of sp³-hybridized carbons (Fsp3) is 0.364. The summed E-state index contributed by atoms with van der Waals surface area (Å²) in [6, 6.07) is 4.60. The number of methoxy groups -OCH3 is 1. The number of hydrogen-bond acceptors (Lipinski definition) is 7. The van der Waals surface area contributed by atoms with Gasteiger partial charge < -0.3 is 14.8 Å². The molecule has 0 saturated heterocycles. The number of urea groups is 1. The van der Waals surface area contributed by atoms with Crippen LogP contribution in [0, 0.1) is 0 Å². The van der Waals surface area contributed by atoms with Crippen molar-refractivity contribution in [2.45, 2.75) is 35.9 Å². The smallest absolute Gasteiger partial charge is 0.417 e. The first-order valence-electron chi connectivity index (χ1n) is 10.6. The monoisotopic (exact) mass is 567 g/mol. The van der Waals surface area contributed by atoms with Crippen LogP contribution in [0.3, 0.4) is 0 Å². The number of aromatic nitrogens is 1. The minimum Gasteiger partial charge on any atom is -0.491 e. The van der Waals surface area contributed by atoms with Crippen LogP contribution in [0.1, 0.15) is 30.9 Å². The third-order valence-electron chi connectivity index (χ3n) is 4.36. The number of carbonyl (C=O) groups excluding carboxylic acids is 1. The second kappa shape index (κ2) is 13.7. The van der Waals surface area contributed by atoms with Gasteiger partial charge in [-0.3, -0.25) is 0 Å². The maximum atomic E-state index is 12.9. The highest BCUT2D eigenvalue weighted by atomic mass is 35.5. The predicted octanol–water partition coefficient (Wildman–Crippen LogP) is 5.33. The Kier molecular flexibility index (Phi) is 11.3. The van der Waals surface area contributed by atoms with Crippen LogP contribution in [0.25, 0.3) is 6.08 Å². The summed E-state index contributed by atoms with van der Waals surface area (Å²) in [6.45, 7) is 2.81. The van der Waals surface area contributed by atoms with E-state index in [1.807, 2.05) is 11.6 Å². The highest BCUT2D eigenvalue weighted by molar-refractivity contribution is 7.99. The van der Waals surface area contributed by atoms with E-state index < -0.39 is 27.8 Å². The van der Waals surface area contributed by atoms with Crippen molar-refractivity contribution >= 4 is 45.5 Å². The second-order valence-corrected chi connectivity index (χ2v) is 10.2. The number of unbranched alkanes of at least 4 members (excludes halogenated alkanes) is 1. The zero-order valence-corrected chi connectivity index (χ0v) is 21.8. The first-order valence-corrected chi connectivity index (χ1v) is 13.3. The van der Waals surface area contributed by atoms with Crippen molar-refractivity contribution < 1.29 is 35.9 Å². The Labute approximate surface area is 216 Å². The lowest BCUT2D eigenvalue weighted by Crippen LogP contribution is -2.38. The first kappa shape index (κ1) is 29.7. The van der Waals surface area contributed by atoms with Crippen LogP contribution in [0.2, 0.25) is 5.02 Å². The fourth-order valence-corrected chi connectivity index (χ4v) is 4.48. The predicted molar refractivity (Wildman–Crippen MR) is 132 cm³/mol. The van der Waals surface area contributed by atoms with Gasteiger partial charge in [0.15, 0.2) is 0 Å². The Morgan fingerprint density at radius 3 is 2.64 bits per heavy atom. The molecule has 0 saturated carbocycles. The second-order valence-electron chi connectivity index (χ2n) is 7.21. The van der Waals surface area contributed by atoms with Gasteiger partial charge in [0.1, 0.15) is 17.4 Å². The zero-order chi connectivity index (χ0) is 26.8. The fourth-order valence-electron chi connectivity index (χ4n) is 2.57. The molecule has 2 rings (SSSR count).